The minimum Gasteiger partial charge on any atom is -0.495 e. The average Bonchev–Trinajstić information content (AvgIpc) is 2.68. The lowest BCUT2D eigenvalue weighted by atomic mass is 10.2. The number of hydrogen-bond acceptors (Lipinski definition) is 5. The smallest absolute Gasteiger partial charge is 0.416 e. The molecule has 2 aromatic carbocycles. The van der Waals surface area contributed by atoms with E-state index < -0.39 is 17.6 Å². The number of methoxy groups -OCH3 is 1. The minimum atomic E-state index is -4.41. The summed E-state index contributed by atoms with van der Waals surface area (Å²) in [6.07, 6.45) is -3.22. The van der Waals surface area contributed by atoms with Crippen molar-refractivity contribution < 1.29 is 22.7 Å². The Morgan fingerprint density at radius 1 is 1.04 bits per heavy atom. The van der Waals surface area contributed by atoms with Crippen LogP contribution in [0.15, 0.2) is 60.9 Å². The van der Waals surface area contributed by atoms with Crippen LogP contribution in [0.5, 0.6) is 5.75 Å². The number of benzene rings is 2. The summed E-state index contributed by atoms with van der Waals surface area (Å²) in [6.45, 7) is 0. The fraction of sp³-hybridized carbons (Fsp3) is 0.105. The molecule has 0 aliphatic heterocycles. The molecule has 1 aromatic heterocycles. The standard InChI is InChI=1S/C19H15F3N4O2/c1-28-16-5-3-2-4-14(16)26-18(27)15-10-17(24-11-23-15)25-13-8-6-12(7-9-13)19(20,21)22/h2-11H,1H3,(H,26,27)(H,23,24,25). The number of carbonyl (C=O) groups excluding carboxylic acids is 1. The number of amides is 1. The van der Waals surface area contributed by atoms with Gasteiger partial charge in [0.25, 0.3) is 5.91 Å². The largest absolute Gasteiger partial charge is 0.495 e. The molecule has 2 N–H and O–H groups in total. The van der Waals surface area contributed by atoms with E-state index in [0.717, 1.165) is 12.1 Å². The van der Waals surface area contributed by atoms with E-state index in [2.05, 4.69) is 20.6 Å². The van der Waals surface area contributed by atoms with E-state index in [1.807, 2.05) is 0 Å². The van der Waals surface area contributed by atoms with Crippen molar-refractivity contribution in [2.24, 2.45) is 0 Å². The quantitative estimate of drug-likeness (QED) is 0.673. The van der Waals surface area contributed by atoms with Crippen molar-refractivity contribution in [3.8, 4) is 5.75 Å². The number of para-hydroxylation sites is 2. The Kier molecular flexibility index (Phi) is 5.44. The Balaban J connectivity index is 1.74. The summed E-state index contributed by atoms with van der Waals surface area (Å²) in [6, 6.07) is 12.8. The van der Waals surface area contributed by atoms with Gasteiger partial charge in [-0.2, -0.15) is 13.2 Å². The van der Waals surface area contributed by atoms with Crippen LogP contribution in [-0.4, -0.2) is 23.0 Å². The van der Waals surface area contributed by atoms with Crippen molar-refractivity contribution in [2.75, 3.05) is 17.7 Å². The number of ether oxygens (including phenoxy) is 1. The maximum Gasteiger partial charge on any atom is 0.416 e. The molecule has 144 valence electrons. The van der Waals surface area contributed by atoms with E-state index in [1.165, 1.54) is 31.6 Å². The third-order valence-electron chi connectivity index (χ3n) is 3.74. The van der Waals surface area contributed by atoms with Crippen molar-refractivity contribution in [1.29, 1.82) is 0 Å². The van der Waals surface area contributed by atoms with Crippen LogP contribution >= 0.6 is 0 Å². The fourth-order valence-electron chi connectivity index (χ4n) is 2.37. The summed E-state index contributed by atoms with van der Waals surface area (Å²) in [5.74, 6) is 0.273. The summed E-state index contributed by atoms with van der Waals surface area (Å²) >= 11 is 0. The molecular weight excluding hydrogens is 373 g/mol. The number of nitrogens with zero attached hydrogens (tertiary/aromatic N) is 2. The van der Waals surface area contributed by atoms with E-state index >= 15 is 0 Å². The zero-order chi connectivity index (χ0) is 20.1. The summed E-state index contributed by atoms with van der Waals surface area (Å²) < 4.78 is 43.1. The number of halogens is 3. The molecule has 0 bridgehead atoms. The number of nitrogens with one attached hydrogen (secondary N) is 2. The number of anilines is 3. The van der Waals surface area contributed by atoms with Crippen LogP contribution < -0.4 is 15.4 Å². The Labute approximate surface area is 158 Å². The van der Waals surface area contributed by atoms with Crippen LogP contribution in [0.2, 0.25) is 0 Å². The number of alkyl halides is 3. The topological polar surface area (TPSA) is 76.1 Å². The van der Waals surface area contributed by atoms with Gasteiger partial charge < -0.3 is 15.4 Å². The van der Waals surface area contributed by atoms with E-state index in [4.69, 9.17) is 4.74 Å². The Hall–Kier alpha value is -3.62. The normalized spacial score (nSPS) is 11.0. The van der Waals surface area contributed by atoms with Gasteiger partial charge in [0.2, 0.25) is 0 Å². The highest BCUT2D eigenvalue weighted by Gasteiger charge is 2.29. The fourth-order valence-corrected chi connectivity index (χ4v) is 2.37. The van der Waals surface area contributed by atoms with Gasteiger partial charge in [0, 0.05) is 11.8 Å². The SMILES string of the molecule is COc1ccccc1NC(=O)c1cc(Nc2ccc(C(F)(F)F)cc2)ncn1. The predicted octanol–water partition coefficient (Wildman–Crippen LogP) is 4.50. The first-order valence-corrected chi connectivity index (χ1v) is 8.07. The average molecular weight is 388 g/mol. The molecule has 0 unspecified atom stereocenters. The Morgan fingerprint density at radius 2 is 1.75 bits per heavy atom. The monoisotopic (exact) mass is 388 g/mol. The summed E-state index contributed by atoms with van der Waals surface area (Å²) in [7, 11) is 1.49. The van der Waals surface area contributed by atoms with Crippen molar-refractivity contribution in [2.45, 2.75) is 6.18 Å². The van der Waals surface area contributed by atoms with Gasteiger partial charge in [-0.1, -0.05) is 12.1 Å². The molecule has 1 amide bonds. The van der Waals surface area contributed by atoms with Crippen LogP contribution in [0.1, 0.15) is 16.1 Å². The summed E-state index contributed by atoms with van der Waals surface area (Å²) in [4.78, 5) is 20.3. The Morgan fingerprint density at radius 3 is 2.43 bits per heavy atom. The Bertz CT molecular complexity index is 975. The van der Waals surface area contributed by atoms with Gasteiger partial charge in [0.1, 0.15) is 23.6 Å². The van der Waals surface area contributed by atoms with E-state index in [1.54, 1.807) is 24.3 Å². The molecule has 0 aliphatic carbocycles. The first-order chi connectivity index (χ1) is 13.4. The third-order valence-corrected chi connectivity index (χ3v) is 3.74. The van der Waals surface area contributed by atoms with Gasteiger partial charge in [-0.15, -0.1) is 0 Å². The van der Waals surface area contributed by atoms with Crippen LogP contribution in [0.25, 0.3) is 0 Å². The molecule has 0 spiro atoms. The molecular formula is C19H15F3N4O2. The molecule has 6 nitrogen and oxygen atoms in total. The lowest BCUT2D eigenvalue weighted by molar-refractivity contribution is -0.137. The second-order valence-corrected chi connectivity index (χ2v) is 5.64. The first-order valence-electron chi connectivity index (χ1n) is 8.07. The zero-order valence-corrected chi connectivity index (χ0v) is 14.6. The minimum absolute atomic E-state index is 0.0790. The second kappa shape index (κ2) is 7.95. The van der Waals surface area contributed by atoms with Gasteiger partial charge in [-0.25, -0.2) is 9.97 Å². The molecule has 9 heteroatoms. The molecule has 0 aliphatic rings. The zero-order valence-electron chi connectivity index (χ0n) is 14.6. The van der Waals surface area contributed by atoms with Gasteiger partial charge in [-0.05, 0) is 36.4 Å². The van der Waals surface area contributed by atoms with Gasteiger partial charge >= 0.3 is 6.18 Å². The van der Waals surface area contributed by atoms with E-state index in [-0.39, 0.29) is 11.5 Å². The van der Waals surface area contributed by atoms with Crippen molar-refractivity contribution in [3.05, 3.63) is 72.2 Å². The summed E-state index contributed by atoms with van der Waals surface area (Å²) in [5.41, 5.74) is 0.196. The highest BCUT2D eigenvalue weighted by Crippen LogP contribution is 2.30. The number of aromatic nitrogens is 2. The van der Waals surface area contributed by atoms with Crippen molar-refractivity contribution in [3.63, 3.8) is 0 Å². The molecule has 0 radical (unpaired) electrons. The lowest BCUT2D eigenvalue weighted by Crippen LogP contribution is -2.15. The van der Waals surface area contributed by atoms with Crippen molar-refractivity contribution >= 4 is 23.1 Å². The molecule has 3 aromatic rings. The van der Waals surface area contributed by atoms with E-state index in [0.29, 0.717) is 17.1 Å². The molecule has 0 saturated heterocycles. The molecule has 28 heavy (non-hydrogen) atoms. The van der Waals surface area contributed by atoms with Crippen LogP contribution in [0.3, 0.4) is 0 Å². The first kappa shape index (κ1) is 19.2. The van der Waals surface area contributed by atoms with Crippen LogP contribution in [0.4, 0.5) is 30.4 Å². The van der Waals surface area contributed by atoms with E-state index in [9.17, 15) is 18.0 Å². The van der Waals surface area contributed by atoms with Crippen molar-refractivity contribution in [1.82, 2.24) is 9.97 Å². The predicted molar refractivity (Wildman–Crippen MR) is 97.7 cm³/mol. The highest BCUT2D eigenvalue weighted by atomic mass is 19.4. The van der Waals surface area contributed by atoms with Gasteiger partial charge in [0.05, 0.1) is 18.4 Å². The van der Waals surface area contributed by atoms with Gasteiger partial charge in [0.15, 0.2) is 0 Å². The molecule has 0 atom stereocenters. The van der Waals surface area contributed by atoms with Crippen LogP contribution in [-0.2, 0) is 6.18 Å². The molecule has 3 rings (SSSR count). The lowest BCUT2D eigenvalue weighted by Gasteiger charge is -2.11. The molecule has 1 heterocycles. The van der Waals surface area contributed by atoms with Crippen LogP contribution in [0, 0.1) is 0 Å². The number of carbonyl (C=O) groups is 1. The highest BCUT2D eigenvalue weighted by molar-refractivity contribution is 6.04. The number of rotatable bonds is 5. The molecule has 0 fully saturated rings. The second-order valence-electron chi connectivity index (χ2n) is 5.64. The maximum absolute atomic E-state index is 12.6. The maximum atomic E-state index is 12.6. The number of hydrogen-bond donors (Lipinski definition) is 2. The summed E-state index contributed by atoms with van der Waals surface area (Å²) in [5, 5.41) is 5.53. The molecule has 0 saturated carbocycles. The van der Waals surface area contributed by atoms with Gasteiger partial charge in [-0.3, -0.25) is 4.79 Å². The third kappa shape index (κ3) is 4.56.